The van der Waals surface area contributed by atoms with E-state index in [1.807, 2.05) is 24.3 Å². The molecule has 3 unspecified atom stereocenters. The van der Waals surface area contributed by atoms with Crippen LogP contribution in [-0.4, -0.2) is 39.9 Å². The molecular weight excluding hydrogens is 490 g/mol. The zero-order valence-electron chi connectivity index (χ0n) is 21.0. The van der Waals surface area contributed by atoms with Crippen LogP contribution in [0.15, 0.2) is 36.4 Å². The summed E-state index contributed by atoms with van der Waals surface area (Å²) in [6, 6.07) is 11.6. The molecular formula is C28H31N3O5S. The van der Waals surface area contributed by atoms with Gasteiger partial charge in [-0.3, -0.25) is 14.3 Å². The Labute approximate surface area is 218 Å². The van der Waals surface area contributed by atoms with Crippen molar-refractivity contribution >= 4 is 34.0 Å². The molecule has 0 saturated heterocycles. The smallest absolute Gasteiger partial charge is 0.312 e. The van der Waals surface area contributed by atoms with Crippen LogP contribution >= 0.6 is 0 Å². The molecule has 1 aliphatic heterocycles. The SMILES string of the molecule is CNS(=O)NC(=O)c1ccc2c(C3CCCCC3)c3n(c2c1)CC1(C(=O)O)CC1c1cc(OC)ccc1-3. The molecule has 3 aliphatic rings. The Morgan fingerprint density at radius 1 is 1.14 bits per heavy atom. The number of carbonyl (C=O) groups excluding carboxylic acids is 1. The van der Waals surface area contributed by atoms with Crippen LogP contribution in [0.4, 0.5) is 0 Å². The number of nitrogens with zero attached hydrogens (tertiary/aromatic N) is 1. The number of hydrogen-bond acceptors (Lipinski definition) is 4. The standard InChI is InChI=1S/C28H31N3O5S/c1-29-37(35)30-26(32)17-8-10-20-23(12-17)31-15-28(27(33)34)14-22(28)21-13-18(36-2)9-11-19(21)25(31)24(20)16-6-4-3-5-7-16/h8-13,16,22,29H,3-7,14-15H2,1-2H3,(H,30,32)(H,33,34). The summed E-state index contributed by atoms with van der Waals surface area (Å²) >= 11 is -1.69. The minimum absolute atomic E-state index is 0.0891. The first-order valence-electron chi connectivity index (χ1n) is 12.9. The molecule has 8 nitrogen and oxygen atoms in total. The molecule has 3 N–H and O–H groups in total. The number of hydrogen-bond donors (Lipinski definition) is 3. The molecule has 3 atom stereocenters. The highest BCUT2D eigenvalue weighted by molar-refractivity contribution is 7.81. The summed E-state index contributed by atoms with van der Waals surface area (Å²) < 4.78 is 24.5. The number of benzene rings is 2. The molecule has 0 radical (unpaired) electrons. The Morgan fingerprint density at radius 3 is 2.62 bits per heavy atom. The third-order valence-corrected chi connectivity index (χ3v) is 9.32. The maximum atomic E-state index is 12.9. The van der Waals surface area contributed by atoms with Gasteiger partial charge in [0.25, 0.3) is 5.91 Å². The minimum atomic E-state index is -1.69. The van der Waals surface area contributed by atoms with E-state index in [0.717, 1.165) is 46.3 Å². The van der Waals surface area contributed by atoms with Gasteiger partial charge in [-0.1, -0.05) is 25.3 Å². The van der Waals surface area contributed by atoms with Gasteiger partial charge in [-0.15, -0.1) is 0 Å². The third kappa shape index (κ3) is 3.78. The van der Waals surface area contributed by atoms with Gasteiger partial charge in [0.05, 0.1) is 18.2 Å². The van der Waals surface area contributed by atoms with Gasteiger partial charge < -0.3 is 14.4 Å². The molecule has 9 heteroatoms. The second-order valence-corrected chi connectivity index (χ2v) is 11.6. The maximum Gasteiger partial charge on any atom is 0.312 e. The summed E-state index contributed by atoms with van der Waals surface area (Å²) in [6.45, 7) is 0.343. The van der Waals surface area contributed by atoms with Crippen LogP contribution in [0.5, 0.6) is 5.75 Å². The van der Waals surface area contributed by atoms with Gasteiger partial charge in [-0.05, 0) is 73.7 Å². The minimum Gasteiger partial charge on any atom is -0.497 e. The fourth-order valence-corrected chi connectivity index (χ4v) is 7.00. The zero-order valence-corrected chi connectivity index (χ0v) is 21.8. The second kappa shape index (κ2) is 8.99. The maximum absolute atomic E-state index is 12.9. The van der Waals surface area contributed by atoms with E-state index in [2.05, 4.69) is 20.1 Å². The highest BCUT2D eigenvalue weighted by atomic mass is 32.2. The Bertz CT molecular complexity index is 1460. The van der Waals surface area contributed by atoms with Gasteiger partial charge >= 0.3 is 5.97 Å². The first kappa shape index (κ1) is 24.2. The average Bonchev–Trinajstić information content (AvgIpc) is 3.59. The van der Waals surface area contributed by atoms with Crippen LogP contribution in [0.25, 0.3) is 22.2 Å². The topological polar surface area (TPSA) is 110 Å². The molecule has 6 rings (SSSR count). The number of amides is 1. The van der Waals surface area contributed by atoms with Crippen LogP contribution in [-0.2, 0) is 22.5 Å². The van der Waals surface area contributed by atoms with E-state index in [4.69, 9.17) is 4.74 Å². The predicted molar refractivity (Wildman–Crippen MR) is 142 cm³/mol. The molecule has 0 spiro atoms. The first-order valence-corrected chi connectivity index (χ1v) is 14.0. The van der Waals surface area contributed by atoms with Crippen molar-refractivity contribution in [3.05, 3.63) is 53.1 Å². The fourth-order valence-electron chi connectivity index (χ4n) is 6.62. The molecule has 3 aromatic rings. The van der Waals surface area contributed by atoms with Crippen molar-refractivity contribution < 1.29 is 23.6 Å². The number of rotatable bonds is 6. The molecule has 1 aromatic heterocycles. The summed E-state index contributed by atoms with van der Waals surface area (Å²) in [4.78, 5) is 25.5. The van der Waals surface area contributed by atoms with Gasteiger partial charge in [0.15, 0.2) is 11.2 Å². The second-order valence-electron chi connectivity index (χ2n) is 10.5. The Hall–Kier alpha value is -3.17. The largest absolute Gasteiger partial charge is 0.497 e. The number of carbonyl (C=O) groups is 2. The number of aromatic nitrogens is 1. The lowest BCUT2D eigenvalue weighted by Gasteiger charge is -2.24. The number of aliphatic carboxylic acids is 1. The number of fused-ring (bicyclic) bond motifs is 7. The highest BCUT2D eigenvalue weighted by Gasteiger charge is 2.63. The van der Waals surface area contributed by atoms with Crippen molar-refractivity contribution in [2.75, 3.05) is 14.2 Å². The number of carboxylic acids is 1. The van der Waals surface area contributed by atoms with Crippen LogP contribution in [0.3, 0.4) is 0 Å². The van der Waals surface area contributed by atoms with E-state index in [1.54, 1.807) is 13.2 Å². The van der Waals surface area contributed by atoms with Crippen LogP contribution < -0.4 is 14.2 Å². The fraction of sp³-hybridized carbons (Fsp3) is 0.429. The van der Waals surface area contributed by atoms with Crippen molar-refractivity contribution in [2.24, 2.45) is 5.41 Å². The highest BCUT2D eigenvalue weighted by Crippen LogP contribution is 2.65. The van der Waals surface area contributed by atoms with Crippen molar-refractivity contribution in [3.63, 3.8) is 0 Å². The van der Waals surface area contributed by atoms with E-state index >= 15 is 0 Å². The van der Waals surface area contributed by atoms with E-state index in [-0.39, 0.29) is 5.92 Å². The molecule has 2 fully saturated rings. The monoisotopic (exact) mass is 521 g/mol. The lowest BCUT2D eigenvalue weighted by Crippen LogP contribution is -2.32. The molecule has 194 valence electrons. The lowest BCUT2D eigenvalue weighted by molar-refractivity contribution is -0.144. The molecule has 37 heavy (non-hydrogen) atoms. The molecule has 1 amide bonds. The summed E-state index contributed by atoms with van der Waals surface area (Å²) in [7, 11) is 3.14. The van der Waals surface area contributed by atoms with E-state index in [1.165, 1.54) is 31.9 Å². The number of ether oxygens (including phenoxy) is 1. The summed E-state index contributed by atoms with van der Waals surface area (Å²) in [5.74, 6) is -0.230. The lowest BCUT2D eigenvalue weighted by atomic mass is 9.81. The number of nitrogens with one attached hydrogen (secondary N) is 2. The third-order valence-electron chi connectivity index (χ3n) is 8.58. The van der Waals surface area contributed by atoms with Gasteiger partial charge in [-0.2, -0.15) is 0 Å². The first-order chi connectivity index (χ1) is 17.9. The van der Waals surface area contributed by atoms with E-state index in [9.17, 15) is 18.9 Å². The number of carboxylic acid groups (broad SMARTS) is 1. The summed E-state index contributed by atoms with van der Waals surface area (Å²) in [5, 5.41) is 11.5. The van der Waals surface area contributed by atoms with Crippen LogP contribution in [0, 0.1) is 5.41 Å². The van der Waals surface area contributed by atoms with Crippen LogP contribution in [0.2, 0.25) is 0 Å². The van der Waals surface area contributed by atoms with Gasteiger partial charge in [0.2, 0.25) is 0 Å². The van der Waals surface area contributed by atoms with Gasteiger partial charge in [0.1, 0.15) is 5.75 Å². The average molecular weight is 522 g/mol. The number of methoxy groups -OCH3 is 1. The van der Waals surface area contributed by atoms with E-state index < -0.39 is 28.5 Å². The van der Waals surface area contributed by atoms with E-state index in [0.29, 0.717) is 24.4 Å². The zero-order chi connectivity index (χ0) is 25.9. The molecule has 2 aliphatic carbocycles. The summed E-state index contributed by atoms with van der Waals surface area (Å²) in [6.07, 6.45) is 6.33. The van der Waals surface area contributed by atoms with Crippen LogP contribution in [0.1, 0.15) is 71.8 Å². The quantitative estimate of drug-likeness (QED) is 0.444. The molecule has 2 heterocycles. The molecule has 0 bridgehead atoms. The summed E-state index contributed by atoms with van der Waals surface area (Å²) in [5.41, 5.74) is 4.77. The van der Waals surface area contributed by atoms with Gasteiger partial charge in [-0.25, -0.2) is 8.93 Å². The predicted octanol–water partition coefficient (Wildman–Crippen LogP) is 4.46. The van der Waals surface area contributed by atoms with Crippen molar-refractivity contribution in [2.45, 2.75) is 56.9 Å². The molecule has 2 aromatic carbocycles. The van der Waals surface area contributed by atoms with Crippen molar-refractivity contribution in [3.8, 4) is 17.0 Å². The normalized spacial score (nSPS) is 23.4. The Morgan fingerprint density at radius 2 is 1.92 bits per heavy atom. The Kier molecular flexibility index (Phi) is 5.88. The van der Waals surface area contributed by atoms with Crippen molar-refractivity contribution in [1.82, 2.24) is 14.0 Å². The van der Waals surface area contributed by atoms with Gasteiger partial charge in [0, 0.05) is 34.5 Å². The molecule has 2 saturated carbocycles. The Balaban J connectivity index is 1.62. The van der Waals surface area contributed by atoms with Crippen molar-refractivity contribution in [1.29, 1.82) is 0 Å².